The van der Waals surface area contributed by atoms with Crippen molar-refractivity contribution in [2.45, 2.75) is 121 Å². The molecule has 1 amide bonds. The summed E-state index contributed by atoms with van der Waals surface area (Å²) in [6.45, 7) is 14.6. The molecule has 0 radical (unpaired) electrons. The molecule has 3 aliphatic heterocycles. The lowest BCUT2D eigenvalue weighted by molar-refractivity contribution is -0.167. The first-order valence-corrected chi connectivity index (χ1v) is 20.9. The topological polar surface area (TPSA) is 77.1 Å². The molecular weight excluding hydrogens is 628 g/mol. The SMILES string of the molecule is COc1cc(NC(=O)CCCc2ccc(C3(C(=O)OC4CN5CCC4CC5)CCCCC3)cc2)c(Cl)cc1CO[Si](C)(C)C(C)(C)C. The molecule has 1 atom stereocenters. The number of anilines is 1. The number of aryl methyl sites for hydroxylation is 1. The van der Waals surface area contributed by atoms with Gasteiger partial charge in [-0.3, -0.25) is 14.5 Å². The molecule has 3 heterocycles. The summed E-state index contributed by atoms with van der Waals surface area (Å²) in [6, 6.07) is 12.1. The highest BCUT2D eigenvalue weighted by Crippen LogP contribution is 2.43. The van der Waals surface area contributed by atoms with Crippen LogP contribution in [0.25, 0.3) is 0 Å². The predicted octanol–water partition coefficient (Wildman–Crippen LogP) is 8.67. The molecule has 3 saturated heterocycles. The molecule has 47 heavy (non-hydrogen) atoms. The van der Waals surface area contributed by atoms with Crippen molar-refractivity contribution >= 4 is 37.5 Å². The van der Waals surface area contributed by atoms with E-state index in [2.05, 4.69) is 68.3 Å². The van der Waals surface area contributed by atoms with Crippen LogP contribution < -0.4 is 10.1 Å². The van der Waals surface area contributed by atoms with Crippen molar-refractivity contribution in [3.8, 4) is 5.75 Å². The van der Waals surface area contributed by atoms with Gasteiger partial charge in [0.05, 0.1) is 29.8 Å². The molecule has 6 rings (SSSR count). The van der Waals surface area contributed by atoms with Crippen molar-refractivity contribution < 1.29 is 23.5 Å². The second kappa shape index (κ2) is 15.0. The number of rotatable bonds is 12. The lowest BCUT2D eigenvalue weighted by Crippen LogP contribution is -2.53. The monoisotopic (exact) mass is 682 g/mol. The molecule has 2 aromatic rings. The summed E-state index contributed by atoms with van der Waals surface area (Å²) in [6.07, 6.45) is 9.12. The van der Waals surface area contributed by atoms with Crippen LogP contribution in [0.3, 0.4) is 0 Å². The van der Waals surface area contributed by atoms with Crippen LogP contribution in [-0.4, -0.2) is 57.9 Å². The summed E-state index contributed by atoms with van der Waals surface area (Å²) in [4.78, 5) is 29.2. The fraction of sp³-hybridized carbons (Fsp3) is 0.632. The van der Waals surface area contributed by atoms with Crippen molar-refractivity contribution in [1.29, 1.82) is 0 Å². The summed E-state index contributed by atoms with van der Waals surface area (Å²) < 4.78 is 18.3. The Labute approximate surface area is 288 Å². The minimum Gasteiger partial charge on any atom is -0.496 e. The average Bonchev–Trinajstić information content (AvgIpc) is 3.05. The molecule has 1 unspecified atom stereocenters. The molecule has 0 spiro atoms. The van der Waals surface area contributed by atoms with Gasteiger partial charge in [0.15, 0.2) is 8.32 Å². The number of fused-ring (bicyclic) bond motifs is 3. The molecule has 1 aliphatic carbocycles. The number of ether oxygens (including phenoxy) is 2. The molecule has 1 saturated carbocycles. The Balaban J connectivity index is 1.15. The Kier molecular flexibility index (Phi) is 11.5. The molecule has 7 nitrogen and oxygen atoms in total. The van der Waals surface area contributed by atoms with Crippen molar-refractivity contribution in [3.05, 3.63) is 58.1 Å². The average molecular weight is 683 g/mol. The Morgan fingerprint density at radius 1 is 1.04 bits per heavy atom. The number of carbonyl (C=O) groups is 2. The van der Waals surface area contributed by atoms with E-state index in [0.29, 0.717) is 41.8 Å². The van der Waals surface area contributed by atoms with Crippen molar-refractivity contribution in [2.75, 3.05) is 32.1 Å². The number of piperidine rings is 3. The highest BCUT2D eigenvalue weighted by atomic mass is 35.5. The summed E-state index contributed by atoms with van der Waals surface area (Å²) in [5.41, 5.74) is 3.09. The smallest absolute Gasteiger partial charge is 0.316 e. The third-order valence-corrected chi connectivity index (χ3v) is 16.2. The van der Waals surface area contributed by atoms with Crippen LogP contribution in [0.5, 0.6) is 5.75 Å². The Hall–Kier alpha value is -2.39. The van der Waals surface area contributed by atoms with Crippen LogP contribution in [0.1, 0.15) is 95.2 Å². The van der Waals surface area contributed by atoms with E-state index in [1.807, 2.05) is 6.07 Å². The fourth-order valence-corrected chi connectivity index (χ4v) is 8.37. The lowest BCUT2D eigenvalue weighted by atomic mass is 9.69. The molecule has 9 heteroatoms. The summed E-state index contributed by atoms with van der Waals surface area (Å²) in [5.74, 6) is 1.04. The molecular formula is C38H55ClN2O5Si. The van der Waals surface area contributed by atoms with Gasteiger partial charge in [-0.25, -0.2) is 0 Å². The predicted molar refractivity (Wildman–Crippen MR) is 192 cm³/mol. The van der Waals surface area contributed by atoms with Gasteiger partial charge in [-0.05, 0) is 92.9 Å². The number of amides is 1. The van der Waals surface area contributed by atoms with E-state index in [-0.39, 0.29) is 23.0 Å². The van der Waals surface area contributed by atoms with Gasteiger partial charge in [-0.15, -0.1) is 0 Å². The second-order valence-electron chi connectivity index (χ2n) is 15.5. The van der Waals surface area contributed by atoms with Gasteiger partial charge in [0.1, 0.15) is 11.9 Å². The van der Waals surface area contributed by atoms with Crippen LogP contribution in [0, 0.1) is 5.92 Å². The summed E-state index contributed by atoms with van der Waals surface area (Å²) in [7, 11) is -0.328. The van der Waals surface area contributed by atoms with Gasteiger partial charge >= 0.3 is 5.97 Å². The number of nitrogens with one attached hydrogen (secondary N) is 1. The second-order valence-corrected chi connectivity index (χ2v) is 20.7. The quantitative estimate of drug-likeness (QED) is 0.178. The highest BCUT2D eigenvalue weighted by Gasteiger charge is 2.46. The first kappa shape index (κ1) is 35.9. The molecule has 4 aliphatic rings. The van der Waals surface area contributed by atoms with E-state index in [9.17, 15) is 9.59 Å². The van der Waals surface area contributed by atoms with Crippen LogP contribution in [0.2, 0.25) is 23.2 Å². The zero-order valence-corrected chi connectivity index (χ0v) is 31.1. The van der Waals surface area contributed by atoms with E-state index in [1.54, 1.807) is 13.2 Å². The number of methoxy groups -OCH3 is 1. The van der Waals surface area contributed by atoms with E-state index in [0.717, 1.165) is 81.3 Å². The number of nitrogens with zero attached hydrogens (tertiary/aromatic N) is 1. The standard InChI is InChI=1S/C38H55ClN2O5Si/c1-37(2,3)47(5,6)45-26-29-23-31(39)32(24-33(29)44-4)40-35(42)12-10-11-27-13-15-30(16-14-27)38(19-8-7-9-20-38)36(43)46-34-25-41-21-17-28(34)18-22-41/h13-16,23-24,28,34H,7-12,17-22,25-26H2,1-6H3,(H,40,42). The van der Waals surface area contributed by atoms with Gasteiger partial charge in [0.2, 0.25) is 5.91 Å². The van der Waals surface area contributed by atoms with E-state index < -0.39 is 13.7 Å². The van der Waals surface area contributed by atoms with Gasteiger partial charge < -0.3 is 19.2 Å². The zero-order chi connectivity index (χ0) is 33.8. The van der Waals surface area contributed by atoms with E-state index in [1.165, 1.54) is 6.42 Å². The van der Waals surface area contributed by atoms with Crippen LogP contribution >= 0.6 is 11.6 Å². The minimum atomic E-state index is -1.95. The van der Waals surface area contributed by atoms with Gasteiger partial charge in [-0.2, -0.15) is 0 Å². The van der Waals surface area contributed by atoms with Crippen LogP contribution in [0.4, 0.5) is 5.69 Å². The molecule has 0 aromatic heterocycles. The number of hydrogen-bond donors (Lipinski definition) is 1. The molecule has 2 bridgehead atoms. The van der Waals surface area contributed by atoms with Crippen molar-refractivity contribution in [2.24, 2.45) is 5.92 Å². The number of hydrogen-bond acceptors (Lipinski definition) is 6. The third kappa shape index (κ3) is 8.43. The molecule has 258 valence electrons. The highest BCUT2D eigenvalue weighted by molar-refractivity contribution is 6.74. The number of esters is 1. The first-order valence-electron chi connectivity index (χ1n) is 17.6. The number of carbonyl (C=O) groups excluding carboxylic acids is 2. The number of benzene rings is 2. The summed E-state index contributed by atoms with van der Waals surface area (Å²) in [5, 5.41) is 3.53. The summed E-state index contributed by atoms with van der Waals surface area (Å²) >= 11 is 6.61. The van der Waals surface area contributed by atoms with E-state index >= 15 is 0 Å². The van der Waals surface area contributed by atoms with Gasteiger partial charge in [-0.1, -0.05) is 75.9 Å². The Bertz CT molecular complexity index is 1390. The maximum Gasteiger partial charge on any atom is 0.316 e. The van der Waals surface area contributed by atoms with Gasteiger partial charge in [0, 0.05) is 24.6 Å². The molecule has 4 fully saturated rings. The fourth-order valence-electron chi connectivity index (χ4n) is 7.18. The normalized spacial score (nSPS) is 22.5. The maximum absolute atomic E-state index is 13.8. The Morgan fingerprint density at radius 2 is 1.72 bits per heavy atom. The Morgan fingerprint density at radius 3 is 2.32 bits per heavy atom. The third-order valence-electron chi connectivity index (χ3n) is 11.4. The van der Waals surface area contributed by atoms with Gasteiger partial charge in [0.25, 0.3) is 0 Å². The van der Waals surface area contributed by atoms with Crippen LogP contribution in [-0.2, 0) is 37.2 Å². The minimum absolute atomic E-state index is 0.0215. The van der Waals surface area contributed by atoms with E-state index in [4.69, 9.17) is 25.5 Å². The lowest BCUT2D eigenvalue weighted by Gasteiger charge is -2.45. The molecule has 1 N–H and O–H groups in total. The maximum atomic E-state index is 13.8. The number of halogens is 1. The van der Waals surface area contributed by atoms with Crippen molar-refractivity contribution in [3.63, 3.8) is 0 Å². The largest absolute Gasteiger partial charge is 0.496 e. The molecule has 2 aromatic carbocycles. The van der Waals surface area contributed by atoms with Crippen molar-refractivity contribution in [1.82, 2.24) is 4.90 Å². The van der Waals surface area contributed by atoms with Crippen LogP contribution in [0.15, 0.2) is 36.4 Å². The first-order chi connectivity index (χ1) is 22.3. The zero-order valence-electron chi connectivity index (χ0n) is 29.4.